The summed E-state index contributed by atoms with van der Waals surface area (Å²) < 4.78 is 1.24. The van der Waals surface area contributed by atoms with Crippen LogP contribution in [0.1, 0.15) is 0 Å². The van der Waals surface area contributed by atoms with Crippen molar-refractivity contribution in [2.45, 2.75) is 0 Å². The van der Waals surface area contributed by atoms with Gasteiger partial charge in [0.15, 0.2) is 0 Å². The van der Waals surface area contributed by atoms with E-state index in [9.17, 15) is 0 Å². The Labute approximate surface area is 79.0 Å². The second-order valence-electron chi connectivity index (χ2n) is 3.06. The molecule has 3 N–H and O–H groups in total. The molecule has 3 rings (SSSR count). The molecule has 64 valence electrons. The molecule has 0 radical (unpaired) electrons. The summed E-state index contributed by atoms with van der Waals surface area (Å²) in [5.41, 5.74) is 8.03. The Balaban J connectivity index is 2.67. The quantitative estimate of drug-likeness (QED) is 0.523. The average molecular weight is 188 g/mol. The van der Waals surface area contributed by atoms with Gasteiger partial charge in [-0.05, 0) is 23.6 Å². The van der Waals surface area contributed by atoms with Crippen molar-refractivity contribution in [1.29, 1.82) is 0 Å². The lowest BCUT2D eigenvalue weighted by Crippen LogP contribution is -1.85. The fraction of sp³-hybridized carbons (Fsp3) is 0. The Bertz CT molecular complexity index is 528. The highest BCUT2D eigenvalue weighted by Crippen LogP contribution is 2.32. The minimum atomic E-state index is 0.884. The normalized spacial score (nSPS) is 11.4. The van der Waals surface area contributed by atoms with Gasteiger partial charge >= 0.3 is 0 Å². The van der Waals surface area contributed by atoms with E-state index in [4.69, 9.17) is 5.73 Å². The van der Waals surface area contributed by atoms with Crippen LogP contribution in [-0.4, -0.2) is 4.98 Å². The number of hydrogen-bond acceptors (Lipinski definition) is 2. The lowest BCUT2D eigenvalue weighted by atomic mass is 10.1. The van der Waals surface area contributed by atoms with E-state index in [2.05, 4.69) is 22.5 Å². The fourth-order valence-electron chi connectivity index (χ4n) is 1.67. The predicted molar refractivity (Wildman–Crippen MR) is 58.1 cm³/mol. The van der Waals surface area contributed by atoms with Gasteiger partial charge in [-0.1, -0.05) is 0 Å². The number of thiophene rings is 1. The van der Waals surface area contributed by atoms with E-state index in [1.807, 2.05) is 12.3 Å². The second kappa shape index (κ2) is 2.26. The molecule has 2 aromatic heterocycles. The number of rotatable bonds is 0. The summed E-state index contributed by atoms with van der Waals surface area (Å²) in [6.45, 7) is 0. The number of aromatic amines is 1. The molecule has 0 fully saturated rings. The first kappa shape index (κ1) is 6.97. The molecule has 0 saturated heterocycles. The maximum Gasteiger partial charge on any atom is 0.0497 e. The summed E-state index contributed by atoms with van der Waals surface area (Å²) in [5, 5.41) is 4.35. The molecular weight excluding hydrogens is 180 g/mol. The first-order chi connectivity index (χ1) is 6.36. The number of fused-ring (bicyclic) bond motifs is 2. The van der Waals surface area contributed by atoms with Crippen LogP contribution in [0.25, 0.3) is 21.0 Å². The summed E-state index contributed by atoms with van der Waals surface area (Å²) in [7, 11) is 0. The second-order valence-corrected chi connectivity index (χ2v) is 4.01. The number of nitrogens with two attached hydrogens (primary N) is 1. The Hall–Kier alpha value is -1.48. The highest BCUT2D eigenvalue weighted by atomic mass is 32.1. The maximum absolute atomic E-state index is 6.03. The molecule has 3 heteroatoms. The zero-order valence-electron chi connectivity index (χ0n) is 6.87. The Morgan fingerprint density at radius 2 is 2.15 bits per heavy atom. The number of aromatic nitrogens is 1. The standard InChI is InChI=1S/C10H8N2S/c11-10-6-1-3-12-8(6)5-9-7(10)2-4-13-9/h1-5,12H,11H2. The van der Waals surface area contributed by atoms with Gasteiger partial charge in [0.1, 0.15) is 0 Å². The van der Waals surface area contributed by atoms with Crippen molar-refractivity contribution >= 4 is 38.0 Å². The molecule has 0 aliphatic rings. The third-order valence-corrected chi connectivity index (χ3v) is 3.19. The van der Waals surface area contributed by atoms with Gasteiger partial charge in [0, 0.05) is 32.9 Å². The van der Waals surface area contributed by atoms with Crippen molar-refractivity contribution in [2.75, 3.05) is 5.73 Å². The maximum atomic E-state index is 6.03. The smallest absolute Gasteiger partial charge is 0.0497 e. The van der Waals surface area contributed by atoms with Crippen LogP contribution >= 0.6 is 11.3 Å². The summed E-state index contributed by atoms with van der Waals surface area (Å²) in [6.07, 6.45) is 1.92. The molecule has 2 heterocycles. The number of nitrogens with one attached hydrogen (secondary N) is 1. The molecule has 1 aromatic carbocycles. The van der Waals surface area contributed by atoms with Crippen molar-refractivity contribution in [3.05, 3.63) is 29.8 Å². The Morgan fingerprint density at radius 3 is 3.08 bits per heavy atom. The largest absolute Gasteiger partial charge is 0.398 e. The molecule has 0 bridgehead atoms. The molecule has 0 aliphatic carbocycles. The fourth-order valence-corrected chi connectivity index (χ4v) is 2.51. The van der Waals surface area contributed by atoms with Crippen molar-refractivity contribution in [3.63, 3.8) is 0 Å². The predicted octanol–water partition coefficient (Wildman–Crippen LogP) is 2.96. The molecule has 3 aromatic rings. The molecular formula is C10H8N2S. The van der Waals surface area contributed by atoms with Gasteiger partial charge in [0.05, 0.1) is 0 Å². The van der Waals surface area contributed by atoms with Crippen LogP contribution in [0.3, 0.4) is 0 Å². The minimum Gasteiger partial charge on any atom is -0.398 e. The Morgan fingerprint density at radius 1 is 1.23 bits per heavy atom. The van der Waals surface area contributed by atoms with Crippen LogP contribution in [0, 0.1) is 0 Å². The topological polar surface area (TPSA) is 41.8 Å². The number of nitrogen functional groups attached to an aromatic ring is 1. The van der Waals surface area contributed by atoms with Crippen LogP contribution < -0.4 is 5.73 Å². The summed E-state index contributed by atoms with van der Waals surface area (Å²) in [4.78, 5) is 3.17. The van der Waals surface area contributed by atoms with E-state index in [0.29, 0.717) is 0 Å². The van der Waals surface area contributed by atoms with E-state index in [1.165, 1.54) is 4.70 Å². The van der Waals surface area contributed by atoms with Crippen molar-refractivity contribution < 1.29 is 0 Å². The van der Waals surface area contributed by atoms with E-state index in [1.54, 1.807) is 11.3 Å². The van der Waals surface area contributed by atoms with Crippen molar-refractivity contribution in [2.24, 2.45) is 0 Å². The summed E-state index contributed by atoms with van der Waals surface area (Å²) in [6, 6.07) is 6.23. The first-order valence-electron chi connectivity index (χ1n) is 4.09. The summed E-state index contributed by atoms with van der Waals surface area (Å²) >= 11 is 1.72. The van der Waals surface area contributed by atoms with Crippen LogP contribution in [-0.2, 0) is 0 Å². The van der Waals surface area contributed by atoms with Gasteiger partial charge < -0.3 is 10.7 Å². The molecule has 0 aliphatic heterocycles. The van der Waals surface area contributed by atoms with E-state index in [-0.39, 0.29) is 0 Å². The van der Waals surface area contributed by atoms with E-state index >= 15 is 0 Å². The lowest BCUT2D eigenvalue weighted by Gasteiger charge is -1.98. The van der Waals surface area contributed by atoms with Gasteiger partial charge in [-0.15, -0.1) is 11.3 Å². The molecule has 0 spiro atoms. The molecule has 0 saturated carbocycles. The van der Waals surface area contributed by atoms with Crippen LogP contribution in [0.2, 0.25) is 0 Å². The van der Waals surface area contributed by atoms with Crippen LogP contribution in [0.15, 0.2) is 29.8 Å². The Kier molecular flexibility index (Phi) is 1.21. The van der Waals surface area contributed by atoms with Crippen LogP contribution in [0.5, 0.6) is 0 Å². The van der Waals surface area contributed by atoms with Crippen molar-refractivity contribution in [3.8, 4) is 0 Å². The third-order valence-electron chi connectivity index (χ3n) is 2.33. The van der Waals surface area contributed by atoms with Crippen LogP contribution in [0.4, 0.5) is 5.69 Å². The van der Waals surface area contributed by atoms with Gasteiger partial charge in [-0.2, -0.15) is 0 Å². The molecule has 0 atom stereocenters. The number of benzene rings is 1. The molecule has 0 unspecified atom stereocenters. The van der Waals surface area contributed by atoms with E-state index < -0.39 is 0 Å². The lowest BCUT2D eigenvalue weighted by molar-refractivity contribution is 1.48. The van der Waals surface area contributed by atoms with Gasteiger partial charge in [0.2, 0.25) is 0 Å². The molecule has 13 heavy (non-hydrogen) atoms. The zero-order chi connectivity index (χ0) is 8.84. The van der Waals surface area contributed by atoms with Gasteiger partial charge in [-0.3, -0.25) is 0 Å². The third kappa shape index (κ3) is 0.820. The highest BCUT2D eigenvalue weighted by Gasteiger charge is 2.05. The number of anilines is 1. The van der Waals surface area contributed by atoms with Crippen molar-refractivity contribution in [1.82, 2.24) is 4.98 Å². The highest BCUT2D eigenvalue weighted by molar-refractivity contribution is 7.17. The van der Waals surface area contributed by atoms with Gasteiger partial charge in [0.25, 0.3) is 0 Å². The number of H-pyrrole nitrogens is 1. The zero-order valence-corrected chi connectivity index (χ0v) is 7.69. The molecule has 2 nitrogen and oxygen atoms in total. The molecule has 0 amide bonds. The SMILES string of the molecule is Nc1c2cc[nH]c2cc2sccc12. The minimum absolute atomic E-state index is 0.884. The van der Waals surface area contributed by atoms with E-state index in [0.717, 1.165) is 22.0 Å². The summed E-state index contributed by atoms with van der Waals surface area (Å²) in [5.74, 6) is 0. The average Bonchev–Trinajstić information content (AvgIpc) is 2.71. The van der Waals surface area contributed by atoms with Gasteiger partial charge in [-0.25, -0.2) is 0 Å². The number of hydrogen-bond donors (Lipinski definition) is 2. The monoisotopic (exact) mass is 188 g/mol. The first-order valence-corrected chi connectivity index (χ1v) is 4.97.